The van der Waals surface area contributed by atoms with Crippen molar-refractivity contribution in [2.75, 3.05) is 7.11 Å². The molecular weight excluding hydrogens is 292 g/mol. The molecule has 1 aliphatic rings. The van der Waals surface area contributed by atoms with Gasteiger partial charge in [0, 0.05) is 11.0 Å². The number of benzene rings is 1. The van der Waals surface area contributed by atoms with Crippen LogP contribution in [0.15, 0.2) is 22.7 Å². The molecule has 0 unspecified atom stereocenters. The Bertz CT molecular complexity index is 448. The van der Waals surface area contributed by atoms with Gasteiger partial charge in [-0.25, -0.2) is 0 Å². The van der Waals surface area contributed by atoms with E-state index in [4.69, 9.17) is 4.74 Å². The second kappa shape index (κ2) is 5.43. The smallest absolute Gasteiger partial charge is 0.168 e. The molecule has 0 heterocycles. The fourth-order valence-corrected chi connectivity index (χ4v) is 3.26. The summed E-state index contributed by atoms with van der Waals surface area (Å²) in [6.45, 7) is 2.10. The standard InChI is InChI=1S/C15H19BrO2/c1-15(8-4-3-5-9-15)14(17)11-6-7-13(18-2)12(16)10-11/h6-7,10H,3-5,8-9H2,1-2H3. The highest BCUT2D eigenvalue weighted by atomic mass is 79.9. The quantitative estimate of drug-likeness (QED) is 0.762. The maximum Gasteiger partial charge on any atom is 0.168 e. The van der Waals surface area contributed by atoms with Gasteiger partial charge in [0.25, 0.3) is 0 Å². The predicted molar refractivity (Wildman–Crippen MR) is 76.2 cm³/mol. The first-order chi connectivity index (χ1) is 8.57. The number of carbonyl (C=O) groups is 1. The topological polar surface area (TPSA) is 26.3 Å². The van der Waals surface area contributed by atoms with Crippen molar-refractivity contribution in [2.24, 2.45) is 5.41 Å². The summed E-state index contributed by atoms with van der Waals surface area (Å²) < 4.78 is 6.03. The monoisotopic (exact) mass is 310 g/mol. The van der Waals surface area contributed by atoms with Gasteiger partial charge in [0.15, 0.2) is 5.78 Å². The maximum atomic E-state index is 12.6. The lowest BCUT2D eigenvalue weighted by atomic mass is 9.71. The van der Waals surface area contributed by atoms with Crippen LogP contribution in [0, 0.1) is 5.41 Å². The Morgan fingerprint density at radius 2 is 1.94 bits per heavy atom. The Morgan fingerprint density at radius 3 is 2.50 bits per heavy atom. The third kappa shape index (κ3) is 2.61. The molecule has 0 spiro atoms. The van der Waals surface area contributed by atoms with Crippen LogP contribution in [0.4, 0.5) is 0 Å². The number of halogens is 1. The lowest BCUT2D eigenvalue weighted by Crippen LogP contribution is -2.30. The van der Waals surface area contributed by atoms with E-state index in [0.29, 0.717) is 0 Å². The summed E-state index contributed by atoms with van der Waals surface area (Å²) in [5.41, 5.74) is 0.610. The summed E-state index contributed by atoms with van der Waals surface area (Å²) in [6.07, 6.45) is 5.61. The minimum absolute atomic E-state index is 0.174. The van der Waals surface area contributed by atoms with Crippen molar-refractivity contribution in [3.63, 3.8) is 0 Å². The Hall–Kier alpha value is -0.830. The lowest BCUT2D eigenvalue weighted by molar-refractivity contribution is 0.0749. The van der Waals surface area contributed by atoms with Gasteiger partial charge < -0.3 is 4.74 Å². The number of Topliss-reactive ketones (excluding diaryl/α,β-unsaturated/α-hetero) is 1. The van der Waals surface area contributed by atoms with Crippen molar-refractivity contribution < 1.29 is 9.53 Å². The normalized spacial score (nSPS) is 18.4. The predicted octanol–water partition coefficient (Wildman–Crippen LogP) is 4.61. The maximum absolute atomic E-state index is 12.6. The molecule has 3 heteroatoms. The minimum Gasteiger partial charge on any atom is -0.496 e. The van der Waals surface area contributed by atoms with Gasteiger partial charge in [-0.05, 0) is 47.0 Å². The van der Waals surface area contributed by atoms with Crippen molar-refractivity contribution in [2.45, 2.75) is 39.0 Å². The van der Waals surface area contributed by atoms with Crippen LogP contribution in [0.2, 0.25) is 0 Å². The molecule has 2 rings (SSSR count). The number of hydrogen-bond acceptors (Lipinski definition) is 2. The summed E-state index contributed by atoms with van der Waals surface area (Å²) in [7, 11) is 1.63. The number of carbonyl (C=O) groups excluding carboxylic acids is 1. The van der Waals surface area contributed by atoms with Crippen LogP contribution in [0.1, 0.15) is 49.4 Å². The van der Waals surface area contributed by atoms with Crippen molar-refractivity contribution in [1.29, 1.82) is 0 Å². The van der Waals surface area contributed by atoms with Gasteiger partial charge in [0.2, 0.25) is 0 Å². The van der Waals surface area contributed by atoms with Crippen molar-refractivity contribution in [1.82, 2.24) is 0 Å². The molecule has 2 nitrogen and oxygen atoms in total. The Morgan fingerprint density at radius 1 is 1.28 bits per heavy atom. The van der Waals surface area contributed by atoms with Gasteiger partial charge in [-0.15, -0.1) is 0 Å². The SMILES string of the molecule is COc1ccc(C(=O)C2(C)CCCCC2)cc1Br. The molecule has 1 aliphatic carbocycles. The van der Waals surface area contributed by atoms with Crippen molar-refractivity contribution in [3.05, 3.63) is 28.2 Å². The van der Waals surface area contributed by atoms with Crippen LogP contribution in [0.5, 0.6) is 5.75 Å². The molecule has 18 heavy (non-hydrogen) atoms. The zero-order chi connectivity index (χ0) is 13.2. The highest BCUT2D eigenvalue weighted by Gasteiger charge is 2.35. The van der Waals surface area contributed by atoms with Crippen LogP contribution in [0.3, 0.4) is 0 Å². The summed E-state index contributed by atoms with van der Waals surface area (Å²) in [4.78, 5) is 12.6. The largest absolute Gasteiger partial charge is 0.496 e. The second-order valence-electron chi connectivity index (χ2n) is 5.30. The van der Waals surface area contributed by atoms with E-state index in [-0.39, 0.29) is 11.2 Å². The summed E-state index contributed by atoms with van der Waals surface area (Å²) in [6, 6.07) is 5.59. The molecule has 0 saturated heterocycles. The first-order valence-electron chi connectivity index (χ1n) is 6.45. The minimum atomic E-state index is -0.174. The van der Waals surface area contributed by atoms with Crippen LogP contribution >= 0.6 is 15.9 Å². The highest BCUT2D eigenvalue weighted by Crippen LogP contribution is 2.39. The third-order valence-electron chi connectivity index (χ3n) is 3.92. The number of rotatable bonds is 3. The molecule has 1 saturated carbocycles. The lowest BCUT2D eigenvalue weighted by Gasteiger charge is -2.32. The number of methoxy groups -OCH3 is 1. The van der Waals surface area contributed by atoms with Crippen LogP contribution in [-0.4, -0.2) is 12.9 Å². The van der Waals surface area contributed by atoms with E-state index in [9.17, 15) is 4.79 Å². The second-order valence-corrected chi connectivity index (χ2v) is 6.15. The molecule has 0 N–H and O–H groups in total. The summed E-state index contributed by atoms with van der Waals surface area (Å²) in [5.74, 6) is 1.03. The molecule has 0 aromatic heterocycles. The number of hydrogen-bond donors (Lipinski definition) is 0. The van der Waals surface area contributed by atoms with Crippen LogP contribution in [0.25, 0.3) is 0 Å². The van der Waals surface area contributed by atoms with E-state index in [2.05, 4.69) is 22.9 Å². The molecule has 0 aliphatic heterocycles. The zero-order valence-corrected chi connectivity index (χ0v) is 12.5. The Kier molecular flexibility index (Phi) is 4.10. The van der Waals surface area contributed by atoms with Gasteiger partial charge in [-0.1, -0.05) is 26.2 Å². The Balaban J connectivity index is 2.25. The highest BCUT2D eigenvalue weighted by molar-refractivity contribution is 9.10. The summed E-state index contributed by atoms with van der Waals surface area (Å²) >= 11 is 3.44. The van der Waals surface area contributed by atoms with E-state index in [1.54, 1.807) is 7.11 Å². The van der Waals surface area contributed by atoms with E-state index in [1.165, 1.54) is 19.3 Å². The Labute approximate surface area is 117 Å². The molecule has 98 valence electrons. The fraction of sp³-hybridized carbons (Fsp3) is 0.533. The van der Waals surface area contributed by atoms with E-state index >= 15 is 0 Å². The zero-order valence-electron chi connectivity index (χ0n) is 11.0. The van der Waals surface area contributed by atoms with Gasteiger partial charge in [-0.2, -0.15) is 0 Å². The van der Waals surface area contributed by atoms with Gasteiger partial charge in [-0.3, -0.25) is 4.79 Å². The van der Waals surface area contributed by atoms with Crippen LogP contribution in [-0.2, 0) is 0 Å². The van der Waals surface area contributed by atoms with E-state index in [0.717, 1.165) is 28.6 Å². The van der Waals surface area contributed by atoms with Gasteiger partial charge >= 0.3 is 0 Å². The molecule has 1 aromatic rings. The van der Waals surface area contributed by atoms with Crippen molar-refractivity contribution >= 4 is 21.7 Å². The number of ether oxygens (including phenoxy) is 1. The van der Waals surface area contributed by atoms with Gasteiger partial charge in [0.1, 0.15) is 5.75 Å². The first kappa shape index (κ1) is 13.6. The number of ketones is 1. The molecule has 0 amide bonds. The van der Waals surface area contributed by atoms with Crippen LogP contribution < -0.4 is 4.74 Å². The fourth-order valence-electron chi connectivity index (χ4n) is 2.72. The molecule has 0 atom stereocenters. The average Bonchev–Trinajstić information content (AvgIpc) is 2.38. The van der Waals surface area contributed by atoms with Gasteiger partial charge in [0.05, 0.1) is 11.6 Å². The molecule has 0 radical (unpaired) electrons. The van der Waals surface area contributed by atoms with Crippen molar-refractivity contribution in [3.8, 4) is 5.75 Å². The van der Waals surface area contributed by atoms with E-state index < -0.39 is 0 Å². The average molecular weight is 311 g/mol. The first-order valence-corrected chi connectivity index (χ1v) is 7.24. The molecule has 1 aromatic carbocycles. The molecule has 1 fully saturated rings. The van der Waals surface area contributed by atoms with E-state index in [1.807, 2.05) is 18.2 Å². The molecule has 0 bridgehead atoms. The third-order valence-corrected chi connectivity index (χ3v) is 4.54. The summed E-state index contributed by atoms with van der Waals surface area (Å²) in [5, 5.41) is 0. The molecular formula is C15H19BrO2.